The molecule has 0 aromatic heterocycles. The van der Waals surface area contributed by atoms with E-state index in [0.717, 1.165) is 74.1 Å². The number of nitrogens with one attached hydrogen (secondary N) is 1. The number of nitrogens with zero attached hydrogens (tertiary/aromatic N) is 2. The SMILES string of the molecule is CCC(C)C1=NC2(C(=O)N1Cc1cccc(NS(C)(=O)=O)c1)c1cc(CCC3CC3)ccc1CC21CCC(OC)CC1. The van der Waals surface area contributed by atoms with Crippen molar-refractivity contribution in [3.05, 3.63) is 64.7 Å². The fourth-order valence-electron chi connectivity index (χ4n) is 7.69. The van der Waals surface area contributed by atoms with Crippen LogP contribution in [0.4, 0.5) is 5.69 Å². The van der Waals surface area contributed by atoms with Crippen LogP contribution in [0.5, 0.6) is 0 Å². The normalized spacial score (nSPS) is 27.9. The van der Waals surface area contributed by atoms with Crippen LogP contribution in [0.25, 0.3) is 0 Å². The standard InChI is InChI=1S/C34H45N3O4S/c1-5-23(2)31-35-34(32(38)37(31)22-26-7-6-8-28(19-26)36-42(4,39)40)30-20-25(12-11-24-9-10-24)13-14-27(30)21-33(34)17-15-29(41-3)16-18-33/h6-8,13-14,19-20,23-24,29,36H,5,9-12,15-18,21-22H2,1-4H3. The molecule has 226 valence electrons. The van der Waals surface area contributed by atoms with Crippen LogP contribution in [0, 0.1) is 17.3 Å². The molecule has 6 rings (SSSR count). The molecular formula is C34H45N3O4S. The van der Waals surface area contributed by atoms with Crippen molar-refractivity contribution in [2.24, 2.45) is 22.2 Å². The Balaban J connectivity index is 1.42. The topological polar surface area (TPSA) is 88.1 Å². The number of hydrogen-bond acceptors (Lipinski definition) is 5. The van der Waals surface area contributed by atoms with Crippen LogP contribution in [-0.4, -0.2) is 44.5 Å². The molecule has 2 spiro atoms. The zero-order chi connectivity index (χ0) is 29.7. The molecule has 0 radical (unpaired) electrons. The first-order valence-electron chi connectivity index (χ1n) is 15.7. The molecule has 2 atom stereocenters. The summed E-state index contributed by atoms with van der Waals surface area (Å²) in [7, 11) is -1.62. The number of sulfonamides is 1. The minimum absolute atomic E-state index is 0.0771. The Bertz CT molecular complexity index is 1490. The average molecular weight is 592 g/mol. The second kappa shape index (κ2) is 11.1. The first-order chi connectivity index (χ1) is 20.1. The number of carbonyl (C=O) groups excluding carboxylic acids is 1. The predicted molar refractivity (Wildman–Crippen MR) is 167 cm³/mol. The van der Waals surface area contributed by atoms with Gasteiger partial charge >= 0.3 is 0 Å². The Morgan fingerprint density at radius 2 is 1.86 bits per heavy atom. The molecule has 2 aromatic carbocycles. The molecule has 1 N–H and O–H groups in total. The van der Waals surface area contributed by atoms with Crippen molar-refractivity contribution in [1.82, 2.24) is 4.90 Å². The molecule has 0 saturated heterocycles. The van der Waals surface area contributed by atoms with Crippen LogP contribution in [0.15, 0.2) is 47.5 Å². The van der Waals surface area contributed by atoms with E-state index in [2.05, 4.69) is 36.8 Å². The van der Waals surface area contributed by atoms with Gasteiger partial charge in [0, 0.05) is 24.1 Å². The molecule has 1 heterocycles. The lowest BCUT2D eigenvalue weighted by atomic mass is 9.61. The average Bonchev–Trinajstić information content (AvgIpc) is 3.70. The lowest BCUT2D eigenvalue weighted by Gasteiger charge is -2.45. The van der Waals surface area contributed by atoms with E-state index >= 15 is 4.79 Å². The van der Waals surface area contributed by atoms with Crippen molar-refractivity contribution in [2.75, 3.05) is 18.1 Å². The number of ether oxygens (including phenoxy) is 1. The van der Waals surface area contributed by atoms with E-state index in [1.54, 1.807) is 13.2 Å². The third kappa shape index (κ3) is 5.30. The number of fused-ring (bicyclic) bond motifs is 3. The van der Waals surface area contributed by atoms with E-state index in [0.29, 0.717) is 12.2 Å². The number of amidine groups is 1. The van der Waals surface area contributed by atoms with E-state index in [9.17, 15) is 8.42 Å². The number of carbonyl (C=O) groups is 1. The molecule has 8 heteroatoms. The van der Waals surface area contributed by atoms with E-state index in [1.165, 1.54) is 30.4 Å². The van der Waals surface area contributed by atoms with Crippen molar-refractivity contribution in [3.8, 4) is 0 Å². The van der Waals surface area contributed by atoms with Crippen molar-refractivity contribution in [3.63, 3.8) is 0 Å². The Hall–Kier alpha value is -2.71. The minimum Gasteiger partial charge on any atom is -0.381 e. The summed E-state index contributed by atoms with van der Waals surface area (Å²) in [5, 5.41) is 0. The maximum atomic E-state index is 15.1. The Kier molecular flexibility index (Phi) is 7.75. The van der Waals surface area contributed by atoms with E-state index in [4.69, 9.17) is 9.73 Å². The van der Waals surface area contributed by atoms with E-state index in [1.807, 2.05) is 23.1 Å². The predicted octanol–water partition coefficient (Wildman–Crippen LogP) is 6.21. The third-order valence-electron chi connectivity index (χ3n) is 10.4. The maximum Gasteiger partial charge on any atom is 0.261 e. The van der Waals surface area contributed by atoms with Crippen LogP contribution in [0.1, 0.15) is 87.5 Å². The van der Waals surface area contributed by atoms with Gasteiger partial charge in [0.2, 0.25) is 10.0 Å². The molecule has 1 aliphatic heterocycles. The van der Waals surface area contributed by atoms with Gasteiger partial charge in [0.15, 0.2) is 5.54 Å². The number of rotatable bonds is 10. The van der Waals surface area contributed by atoms with E-state index < -0.39 is 15.6 Å². The fourth-order valence-corrected chi connectivity index (χ4v) is 8.24. The number of hydrogen-bond donors (Lipinski definition) is 1. The molecule has 2 aromatic rings. The van der Waals surface area contributed by atoms with Gasteiger partial charge in [0.1, 0.15) is 5.84 Å². The van der Waals surface area contributed by atoms with Gasteiger partial charge in [-0.3, -0.25) is 14.4 Å². The van der Waals surface area contributed by atoms with Crippen LogP contribution in [0.2, 0.25) is 0 Å². The van der Waals surface area contributed by atoms with Crippen LogP contribution in [0.3, 0.4) is 0 Å². The summed E-state index contributed by atoms with van der Waals surface area (Å²) in [4.78, 5) is 22.6. The number of aryl methyl sites for hydroxylation is 1. The summed E-state index contributed by atoms with van der Waals surface area (Å²) in [6.07, 6.45) is 11.7. The largest absolute Gasteiger partial charge is 0.381 e. The van der Waals surface area contributed by atoms with Crippen LogP contribution < -0.4 is 4.72 Å². The molecule has 0 bridgehead atoms. The number of amides is 1. The van der Waals surface area contributed by atoms with Crippen LogP contribution >= 0.6 is 0 Å². The Morgan fingerprint density at radius 3 is 2.52 bits per heavy atom. The van der Waals surface area contributed by atoms with Crippen molar-refractivity contribution >= 4 is 27.5 Å². The van der Waals surface area contributed by atoms with Gasteiger partial charge < -0.3 is 4.74 Å². The quantitative estimate of drug-likeness (QED) is 0.356. The first kappa shape index (κ1) is 29.4. The van der Waals surface area contributed by atoms with E-state index in [-0.39, 0.29) is 23.3 Å². The lowest BCUT2D eigenvalue weighted by molar-refractivity contribution is -0.138. The molecule has 2 fully saturated rings. The summed E-state index contributed by atoms with van der Waals surface area (Å²) in [5.74, 6) is 1.90. The molecule has 3 aliphatic carbocycles. The monoisotopic (exact) mass is 591 g/mol. The highest BCUT2D eigenvalue weighted by Crippen LogP contribution is 2.62. The molecule has 42 heavy (non-hydrogen) atoms. The van der Waals surface area contributed by atoms with Gasteiger partial charge in [-0.05, 0) is 91.7 Å². The van der Waals surface area contributed by atoms with Gasteiger partial charge in [-0.15, -0.1) is 0 Å². The molecule has 2 saturated carbocycles. The Labute approximate surface area is 251 Å². The molecule has 1 amide bonds. The summed E-state index contributed by atoms with van der Waals surface area (Å²) in [6, 6.07) is 14.2. The highest BCUT2D eigenvalue weighted by atomic mass is 32.2. The molecule has 2 unspecified atom stereocenters. The lowest BCUT2D eigenvalue weighted by Crippen LogP contribution is -2.51. The maximum absolute atomic E-state index is 15.1. The number of anilines is 1. The second-order valence-electron chi connectivity index (χ2n) is 13.3. The molecule has 4 aliphatic rings. The van der Waals surface area contributed by atoms with Gasteiger partial charge in [-0.25, -0.2) is 13.4 Å². The van der Waals surface area contributed by atoms with Gasteiger partial charge in [-0.2, -0.15) is 0 Å². The van der Waals surface area contributed by atoms with Gasteiger partial charge in [-0.1, -0.05) is 57.0 Å². The van der Waals surface area contributed by atoms with Gasteiger partial charge in [0.25, 0.3) is 5.91 Å². The molecule has 7 nitrogen and oxygen atoms in total. The van der Waals surface area contributed by atoms with Gasteiger partial charge in [0.05, 0.1) is 18.9 Å². The van der Waals surface area contributed by atoms with Crippen molar-refractivity contribution in [1.29, 1.82) is 0 Å². The highest BCUT2D eigenvalue weighted by Gasteiger charge is 2.66. The highest BCUT2D eigenvalue weighted by molar-refractivity contribution is 7.92. The zero-order valence-electron chi connectivity index (χ0n) is 25.5. The summed E-state index contributed by atoms with van der Waals surface area (Å²) < 4.78 is 32.2. The third-order valence-corrected chi connectivity index (χ3v) is 11.0. The number of methoxy groups -OCH3 is 1. The van der Waals surface area contributed by atoms with Crippen molar-refractivity contribution in [2.45, 2.75) is 96.2 Å². The smallest absolute Gasteiger partial charge is 0.261 e. The Morgan fingerprint density at radius 1 is 1.10 bits per heavy atom. The fraction of sp³-hybridized carbons (Fsp3) is 0.588. The second-order valence-corrected chi connectivity index (χ2v) is 15.1. The number of benzene rings is 2. The first-order valence-corrected chi connectivity index (χ1v) is 17.6. The van der Waals surface area contributed by atoms with Crippen LogP contribution in [-0.2, 0) is 44.5 Å². The number of aliphatic imine (C=N–C) groups is 1. The zero-order valence-corrected chi connectivity index (χ0v) is 26.3. The van der Waals surface area contributed by atoms with Crippen molar-refractivity contribution < 1.29 is 17.9 Å². The summed E-state index contributed by atoms with van der Waals surface area (Å²) >= 11 is 0. The summed E-state index contributed by atoms with van der Waals surface area (Å²) in [5.41, 5.74) is 3.86. The minimum atomic E-state index is -3.41. The summed E-state index contributed by atoms with van der Waals surface area (Å²) in [6.45, 7) is 4.67. The molecular weight excluding hydrogens is 546 g/mol.